The summed E-state index contributed by atoms with van der Waals surface area (Å²) in [5, 5.41) is 7.38. The SMILES string of the molecule is Cc1cc(C)n(-c2cc(NC(=O)N3CCCC3)nc(-c3ccc(C)o3)n2)n1. The molecule has 0 unspecified atom stereocenters. The number of hydrogen-bond donors (Lipinski definition) is 1. The number of rotatable bonds is 3. The predicted molar refractivity (Wildman–Crippen MR) is 101 cm³/mol. The molecule has 8 nitrogen and oxygen atoms in total. The molecule has 0 bridgehead atoms. The number of nitrogens with one attached hydrogen (secondary N) is 1. The number of amides is 2. The van der Waals surface area contributed by atoms with Crippen LogP contribution in [0.2, 0.25) is 0 Å². The minimum absolute atomic E-state index is 0.146. The fourth-order valence-corrected chi connectivity index (χ4v) is 3.24. The van der Waals surface area contributed by atoms with Crippen molar-refractivity contribution in [3.8, 4) is 17.4 Å². The summed E-state index contributed by atoms with van der Waals surface area (Å²) in [5.41, 5.74) is 1.84. The van der Waals surface area contributed by atoms with Gasteiger partial charge < -0.3 is 9.32 Å². The summed E-state index contributed by atoms with van der Waals surface area (Å²) < 4.78 is 7.42. The number of nitrogens with zero attached hydrogens (tertiary/aromatic N) is 5. The summed E-state index contributed by atoms with van der Waals surface area (Å²) in [6, 6.07) is 7.24. The molecular weight excluding hydrogens is 344 g/mol. The van der Waals surface area contributed by atoms with Gasteiger partial charge in [0, 0.05) is 24.8 Å². The van der Waals surface area contributed by atoms with E-state index in [1.165, 1.54) is 0 Å². The first kappa shape index (κ1) is 17.3. The molecule has 3 aromatic heterocycles. The minimum Gasteiger partial charge on any atom is -0.458 e. The maximum atomic E-state index is 12.5. The molecule has 8 heteroatoms. The van der Waals surface area contributed by atoms with Crippen molar-refractivity contribution in [2.24, 2.45) is 0 Å². The highest BCUT2D eigenvalue weighted by molar-refractivity contribution is 5.88. The quantitative estimate of drug-likeness (QED) is 0.766. The van der Waals surface area contributed by atoms with E-state index in [4.69, 9.17) is 4.42 Å². The van der Waals surface area contributed by atoms with Gasteiger partial charge in [0.05, 0.1) is 5.69 Å². The Kier molecular flexibility index (Phi) is 4.39. The molecule has 0 spiro atoms. The lowest BCUT2D eigenvalue weighted by molar-refractivity contribution is 0.222. The fourth-order valence-electron chi connectivity index (χ4n) is 3.24. The van der Waals surface area contributed by atoms with E-state index in [0.717, 1.165) is 43.1 Å². The lowest BCUT2D eigenvalue weighted by Gasteiger charge is -2.16. The Labute approximate surface area is 157 Å². The molecule has 4 heterocycles. The van der Waals surface area contributed by atoms with Crippen molar-refractivity contribution in [2.45, 2.75) is 33.6 Å². The third kappa shape index (κ3) is 3.55. The van der Waals surface area contributed by atoms with Crippen molar-refractivity contribution in [1.29, 1.82) is 0 Å². The van der Waals surface area contributed by atoms with Crippen LogP contribution in [-0.2, 0) is 0 Å². The second-order valence-electron chi connectivity index (χ2n) is 6.81. The summed E-state index contributed by atoms with van der Waals surface area (Å²) in [6.07, 6.45) is 2.07. The van der Waals surface area contributed by atoms with Crippen LogP contribution >= 0.6 is 0 Å². The highest BCUT2D eigenvalue weighted by Crippen LogP contribution is 2.23. The number of furan rings is 1. The molecule has 140 valence electrons. The Morgan fingerprint density at radius 1 is 1.11 bits per heavy atom. The van der Waals surface area contributed by atoms with Crippen molar-refractivity contribution in [2.75, 3.05) is 18.4 Å². The van der Waals surface area contributed by atoms with Crippen LogP contribution < -0.4 is 5.32 Å². The van der Waals surface area contributed by atoms with Crippen LogP contribution in [0.25, 0.3) is 17.4 Å². The van der Waals surface area contributed by atoms with Crippen molar-refractivity contribution >= 4 is 11.8 Å². The predicted octanol–water partition coefficient (Wildman–Crippen LogP) is 3.48. The number of carbonyl (C=O) groups excluding carboxylic acids is 1. The molecule has 0 saturated carbocycles. The number of carbonyl (C=O) groups is 1. The average molecular weight is 366 g/mol. The second kappa shape index (κ2) is 6.86. The van der Waals surface area contributed by atoms with E-state index < -0.39 is 0 Å². The van der Waals surface area contributed by atoms with Gasteiger partial charge in [0.25, 0.3) is 0 Å². The highest BCUT2D eigenvalue weighted by atomic mass is 16.3. The summed E-state index contributed by atoms with van der Waals surface area (Å²) in [4.78, 5) is 23.4. The third-order valence-electron chi connectivity index (χ3n) is 4.53. The van der Waals surface area contributed by atoms with Crippen LogP contribution in [0, 0.1) is 20.8 Å². The molecule has 2 amide bonds. The van der Waals surface area contributed by atoms with Crippen molar-refractivity contribution in [3.05, 3.63) is 41.4 Å². The summed E-state index contributed by atoms with van der Waals surface area (Å²) in [7, 11) is 0. The number of urea groups is 1. The number of aryl methyl sites for hydroxylation is 3. The molecule has 0 aliphatic carbocycles. The van der Waals surface area contributed by atoms with Gasteiger partial charge in [-0.1, -0.05) is 0 Å². The van der Waals surface area contributed by atoms with E-state index in [2.05, 4.69) is 20.4 Å². The molecule has 4 rings (SSSR count). The number of hydrogen-bond acceptors (Lipinski definition) is 5. The lowest BCUT2D eigenvalue weighted by Crippen LogP contribution is -2.32. The molecule has 1 aliphatic rings. The van der Waals surface area contributed by atoms with Gasteiger partial charge in [-0.25, -0.2) is 19.4 Å². The smallest absolute Gasteiger partial charge is 0.323 e. The first-order chi connectivity index (χ1) is 13.0. The molecule has 1 saturated heterocycles. The standard InChI is InChI=1S/C19H22N6O2/c1-12-10-13(2)25(23-12)17-11-16(21-19(26)24-8-4-5-9-24)20-18(22-17)15-7-6-14(3)27-15/h6-7,10-11H,4-5,8-9H2,1-3H3,(H,20,21,22,26). The number of anilines is 1. The van der Waals surface area contributed by atoms with Gasteiger partial charge in [-0.2, -0.15) is 5.10 Å². The normalized spacial score (nSPS) is 14.0. The maximum absolute atomic E-state index is 12.5. The van der Waals surface area contributed by atoms with Crippen LogP contribution in [0.1, 0.15) is 30.0 Å². The van der Waals surface area contributed by atoms with Gasteiger partial charge in [0.1, 0.15) is 11.6 Å². The van der Waals surface area contributed by atoms with Crippen molar-refractivity contribution in [3.63, 3.8) is 0 Å². The molecule has 1 aliphatic heterocycles. The Morgan fingerprint density at radius 2 is 1.89 bits per heavy atom. The minimum atomic E-state index is -0.146. The molecule has 27 heavy (non-hydrogen) atoms. The Morgan fingerprint density at radius 3 is 2.52 bits per heavy atom. The Balaban J connectivity index is 1.74. The zero-order chi connectivity index (χ0) is 19.0. The average Bonchev–Trinajstić information content (AvgIpc) is 3.36. The Bertz CT molecular complexity index is 984. The van der Waals surface area contributed by atoms with Crippen LogP contribution in [0.5, 0.6) is 0 Å². The molecule has 0 aromatic carbocycles. The van der Waals surface area contributed by atoms with E-state index in [-0.39, 0.29) is 6.03 Å². The van der Waals surface area contributed by atoms with E-state index in [0.29, 0.717) is 23.2 Å². The van der Waals surface area contributed by atoms with Gasteiger partial charge in [-0.05, 0) is 51.8 Å². The summed E-state index contributed by atoms with van der Waals surface area (Å²) in [5.74, 6) is 2.73. The first-order valence-corrected chi connectivity index (χ1v) is 9.05. The fraction of sp³-hybridized carbons (Fsp3) is 0.368. The van der Waals surface area contributed by atoms with E-state index in [9.17, 15) is 4.79 Å². The largest absolute Gasteiger partial charge is 0.458 e. The van der Waals surface area contributed by atoms with Gasteiger partial charge in [-0.15, -0.1) is 0 Å². The summed E-state index contributed by atoms with van der Waals surface area (Å²) >= 11 is 0. The van der Waals surface area contributed by atoms with Gasteiger partial charge >= 0.3 is 6.03 Å². The second-order valence-corrected chi connectivity index (χ2v) is 6.81. The molecule has 1 N–H and O–H groups in total. The van der Waals surface area contributed by atoms with Gasteiger partial charge in [0.2, 0.25) is 0 Å². The Hall–Kier alpha value is -3.16. The van der Waals surface area contributed by atoms with E-state index >= 15 is 0 Å². The first-order valence-electron chi connectivity index (χ1n) is 9.05. The third-order valence-corrected chi connectivity index (χ3v) is 4.53. The molecule has 0 radical (unpaired) electrons. The van der Waals surface area contributed by atoms with Gasteiger partial charge in [-0.3, -0.25) is 5.32 Å². The lowest BCUT2D eigenvalue weighted by atomic mass is 10.3. The summed E-state index contributed by atoms with van der Waals surface area (Å²) in [6.45, 7) is 7.29. The zero-order valence-electron chi connectivity index (χ0n) is 15.7. The van der Waals surface area contributed by atoms with Crippen LogP contribution in [-0.4, -0.2) is 43.8 Å². The molecule has 0 atom stereocenters. The van der Waals surface area contributed by atoms with Crippen LogP contribution in [0.4, 0.5) is 10.6 Å². The molecular formula is C19H22N6O2. The maximum Gasteiger partial charge on any atom is 0.323 e. The number of likely N-dealkylation sites (tertiary alicyclic amines) is 1. The van der Waals surface area contributed by atoms with Crippen molar-refractivity contribution in [1.82, 2.24) is 24.6 Å². The molecule has 1 fully saturated rings. The van der Waals surface area contributed by atoms with Gasteiger partial charge in [0.15, 0.2) is 17.4 Å². The van der Waals surface area contributed by atoms with E-state index in [1.54, 1.807) is 15.6 Å². The number of aromatic nitrogens is 4. The van der Waals surface area contributed by atoms with Crippen LogP contribution in [0.3, 0.4) is 0 Å². The monoisotopic (exact) mass is 366 g/mol. The highest BCUT2D eigenvalue weighted by Gasteiger charge is 2.20. The zero-order valence-corrected chi connectivity index (χ0v) is 15.7. The van der Waals surface area contributed by atoms with Crippen molar-refractivity contribution < 1.29 is 9.21 Å². The topological polar surface area (TPSA) is 89.1 Å². The van der Waals surface area contributed by atoms with Crippen LogP contribution in [0.15, 0.2) is 28.7 Å². The molecule has 3 aromatic rings. The van der Waals surface area contributed by atoms with E-state index in [1.807, 2.05) is 39.0 Å².